The van der Waals surface area contributed by atoms with E-state index in [0.717, 1.165) is 17.7 Å². The van der Waals surface area contributed by atoms with Crippen LogP contribution >= 0.6 is 23.4 Å². The molecule has 1 atom stereocenters. The SMILES string of the molecule is CCOc1ccccc1C1C(C#N)=C(SCC(=O)Nc2ccc(Cl)cc2)NC2=C1C(=O)CCC2. The number of nitriles is 1. The molecule has 2 aliphatic rings. The zero-order valence-corrected chi connectivity index (χ0v) is 20.3. The van der Waals surface area contributed by atoms with Crippen molar-refractivity contribution in [2.24, 2.45) is 0 Å². The maximum Gasteiger partial charge on any atom is 0.234 e. The number of dihydropyridines is 1. The van der Waals surface area contributed by atoms with Gasteiger partial charge in [-0.05, 0) is 50.1 Å². The van der Waals surface area contributed by atoms with Gasteiger partial charge in [0.15, 0.2) is 5.78 Å². The van der Waals surface area contributed by atoms with Crippen molar-refractivity contribution in [3.05, 3.63) is 81.0 Å². The van der Waals surface area contributed by atoms with Gasteiger partial charge in [0.2, 0.25) is 5.91 Å². The van der Waals surface area contributed by atoms with Gasteiger partial charge in [-0.2, -0.15) is 5.26 Å². The molecule has 8 heteroatoms. The number of benzene rings is 2. The topological polar surface area (TPSA) is 91.2 Å². The van der Waals surface area contributed by atoms with Crippen molar-refractivity contribution in [3.8, 4) is 11.8 Å². The number of hydrogen-bond acceptors (Lipinski definition) is 6. The molecule has 4 rings (SSSR count). The number of rotatable bonds is 7. The molecule has 1 aliphatic heterocycles. The molecular formula is C26H24ClN3O3S. The molecule has 1 unspecified atom stereocenters. The zero-order valence-electron chi connectivity index (χ0n) is 18.7. The van der Waals surface area contributed by atoms with Crippen molar-refractivity contribution in [1.82, 2.24) is 5.32 Å². The fourth-order valence-corrected chi connectivity index (χ4v) is 5.21. The summed E-state index contributed by atoms with van der Waals surface area (Å²) in [6, 6.07) is 16.7. The number of amides is 1. The number of Topliss-reactive ketones (excluding diaryl/α,β-unsaturated/α-hetero) is 1. The van der Waals surface area contributed by atoms with Crippen molar-refractivity contribution >= 4 is 40.7 Å². The van der Waals surface area contributed by atoms with Crippen LogP contribution in [-0.2, 0) is 9.59 Å². The summed E-state index contributed by atoms with van der Waals surface area (Å²) >= 11 is 7.16. The molecule has 0 saturated carbocycles. The number of hydrogen-bond donors (Lipinski definition) is 2. The summed E-state index contributed by atoms with van der Waals surface area (Å²) in [7, 11) is 0. The first-order valence-electron chi connectivity index (χ1n) is 11.1. The molecule has 1 amide bonds. The first kappa shape index (κ1) is 23.9. The molecule has 0 fully saturated rings. The van der Waals surface area contributed by atoms with Gasteiger partial charge in [0.1, 0.15) is 5.75 Å². The first-order valence-corrected chi connectivity index (χ1v) is 12.5. The molecule has 2 aromatic rings. The van der Waals surface area contributed by atoms with E-state index in [1.807, 2.05) is 31.2 Å². The smallest absolute Gasteiger partial charge is 0.234 e. The van der Waals surface area contributed by atoms with E-state index in [4.69, 9.17) is 16.3 Å². The van der Waals surface area contributed by atoms with E-state index < -0.39 is 5.92 Å². The predicted octanol–water partition coefficient (Wildman–Crippen LogP) is 5.54. The molecule has 0 saturated heterocycles. The maximum absolute atomic E-state index is 13.0. The Hall–Kier alpha value is -3.21. The van der Waals surface area contributed by atoms with Gasteiger partial charge in [-0.25, -0.2) is 0 Å². The Balaban J connectivity index is 1.65. The molecule has 6 nitrogen and oxygen atoms in total. The fourth-order valence-electron chi connectivity index (χ4n) is 4.22. The van der Waals surface area contributed by atoms with Crippen molar-refractivity contribution in [2.75, 3.05) is 17.7 Å². The second-order valence-electron chi connectivity index (χ2n) is 7.90. The number of carbonyl (C=O) groups excluding carboxylic acids is 2. The van der Waals surface area contributed by atoms with Crippen molar-refractivity contribution in [1.29, 1.82) is 5.26 Å². The van der Waals surface area contributed by atoms with E-state index in [2.05, 4.69) is 16.7 Å². The van der Waals surface area contributed by atoms with Crippen LogP contribution in [-0.4, -0.2) is 24.1 Å². The number of thioether (sulfide) groups is 1. The summed E-state index contributed by atoms with van der Waals surface area (Å²) in [6.45, 7) is 2.37. The highest BCUT2D eigenvalue weighted by molar-refractivity contribution is 8.03. The summed E-state index contributed by atoms with van der Waals surface area (Å²) < 4.78 is 5.84. The molecule has 1 heterocycles. The zero-order chi connectivity index (χ0) is 24.1. The number of anilines is 1. The molecular weight excluding hydrogens is 470 g/mol. The quantitative estimate of drug-likeness (QED) is 0.526. The summed E-state index contributed by atoms with van der Waals surface area (Å²) in [6.07, 6.45) is 1.92. The number of carbonyl (C=O) groups is 2. The highest BCUT2D eigenvalue weighted by Crippen LogP contribution is 2.46. The number of halogens is 1. The van der Waals surface area contributed by atoms with Crippen molar-refractivity contribution < 1.29 is 14.3 Å². The van der Waals surface area contributed by atoms with Crippen LogP contribution in [0.3, 0.4) is 0 Å². The average molecular weight is 494 g/mol. The third-order valence-electron chi connectivity index (χ3n) is 5.67. The number of nitrogens with zero attached hydrogens (tertiary/aromatic N) is 1. The Labute approximate surface area is 208 Å². The Morgan fingerprint density at radius 1 is 1.24 bits per heavy atom. The molecule has 0 spiro atoms. The highest BCUT2D eigenvalue weighted by atomic mass is 35.5. The third-order valence-corrected chi connectivity index (χ3v) is 6.94. The van der Waals surface area contributed by atoms with Gasteiger partial charge in [0.25, 0.3) is 0 Å². The van der Waals surface area contributed by atoms with Crippen molar-refractivity contribution in [3.63, 3.8) is 0 Å². The van der Waals surface area contributed by atoms with Gasteiger partial charge in [-0.3, -0.25) is 9.59 Å². The second kappa shape index (κ2) is 10.8. The molecule has 1 aliphatic carbocycles. The van der Waals surface area contributed by atoms with Gasteiger partial charge in [0, 0.05) is 34.0 Å². The Morgan fingerprint density at radius 3 is 2.74 bits per heavy atom. The Morgan fingerprint density at radius 2 is 2.00 bits per heavy atom. The minimum atomic E-state index is -0.529. The summed E-state index contributed by atoms with van der Waals surface area (Å²) in [5.74, 6) is 0.0670. The predicted molar refractivity (Wildman–Crippen MR) is 135 cm³/mol. The summed E-state index contributed by atoms with van der Waals surface area (Å²) in [5, 5.41) is 17.5. The van der Waals surface area contributed by atoms with E-state index in [-0.39, 0.29) is 17.4 Å². The van der Waals surface area contributed by atoms with Gasteiger partial charge in [-0.15, -0.1) is 0 Å². The van der Waals surface area contributed by atoms with Crippen LogP contribution in [0, 0.1) is 11.3 Å². The average Bonchev–Trinajstić information content (AvgIpc) is 2.84. The molecule has 2 aromatic carbocycles. The molecule has 0 bridgehead atoms. The van der Waals surface area contributed by atoms with Crippen LogP contribution < -0.4 is 15.4 Å². The van der Waals surface area contributed by atoms with Crippen LogP contribution in [0.4, 0.5) is 5.69 Å². The van der Waals surface area contributed by atoms with E-state index in [1.54, 1.807) is 24.3 Å². The van der Waals surface area contributed by atoms with Gasteiger partial charge >= 0.3 is 0 Å². The van der Waals surface area contributed by atoms with E-state index in [1.165, 1.54) is 11.8 Å². The molecule has 0 radical (unpaired) electrons. The van der Waals surface area contributed by atoms with Crippen LogP contribution in [0.25, 0.3) is 0 Å². The van der Waals surface area contributed by atoms with Crippen LogP contribution in [0.15, 0.2) is 70.4 Å². The van der Waals surface area contributed by atoms with Gasteiger partial charge in [-0.1, -0.05) is 41.6 Å². The largest absolute Gasteiger partial charge is 0.494 e. The lowest BCUT2D eigenvalue weighted by Crippen LogP contribution is -2.32. The minimum Gasteiger partial charge on any atom is -0.494 e. The molecule has 174 valence electrons. The minimum absolute atomic E-state index is 0.0438. The number of nitrogens with one attached hydrogen (secondary N) is 2. The number of allylic oxidation sites excluding steroid dienone is 3. The van der Waals surface area contributed by atoms with Crippen molar-refractivity contribution in [2.45, 2.75) is 32.1 Å². The molecule has 2 N–H and O–H groups in total. The number of para-hydroxylation sites is 1. The van der Waals surface area contributed by atoms with Gasteiger partial charge in [0.05, 0.1) is 34.9 Å². The fraction of sp³-hybridized carbons (Fsp3) is 0.269. The standard InChI is InChI=1S/C26H24ClN3O3S/c1-2-33-22-9-4-3-6-18(22)24-19(14-28)26(30-20-7-5-8-21(31)25(20)24)34-15-23(32)29-17-12-10-16(27)11-13-17/h3-4,6,9-13,24,30H,2,5,7-8,15H2,1H3,(H,29,32). The molecule has 34 heavy (non-hydrogen) atoms. The van der Waals surface area contributed by atoms with Crippen LogP contribution in [0.2, 0.25) is 5.02 Å². The summed E-state index contributed by atoms with van der Waals surface area (Å²) in [4.78, 5) is 25.6. The highest BCUT2D eigenvalue weighted by Gasteiger charge is 2.38. The monoisotopic (exact) mass is 493 g/mol. The maximum atomic E-state index is 13.0. The lowest BCUT2D eigenvalue weighted by molar-refractivity contribution is -0.116. The van der Waals surface area contributed by atoms with Crippen LogP contribution in [0.1, 0.15) is 37.7 Å². The second-order valence-corrected chi connectivity index (χ2v) is 9.32. The Bertz CT molecular complexity index is 1210. The van der Waals surface area contributed by atoms with E-state index >= 15 is 0 Å². The lowest BCUT2D eigenvalue weighted by atomic mass is 9.76. The van der Waals surface area contributed by atoms with Gasteiger partial charge < -0.3 is 15.4 Å². The Kier molecular flexibility index (Phi) is 7.61. The summed E-state index contributed by atoms with van der Waals surface area (Å²) in [5.41, 5.74) is 3.31. The first-order chi connectivity index (χ1) is 16.5. The normalized spacial score (nSPS) is 17.6. The third kappa shape index (κ3) is 5.14. The van der Waals surface area contributed by atoms with E-state index in [9.17, 15) is 14.9 Å². The molecule has 0 aromatic heterocycles. The van der Waals surface area contributed by atoms with Crippen LogP contribution in [0.5, 0.6) is 5.75 Å². The lowest BCUT2D eigenvalue weighted by Gasteiger charge is -2.33. The van der Waals surface area contributed by atoms with E-state index in [0.29, 0.717) is 52.1 Å². The number of ether oxygens (including phenoxy) is 1. The number of ketones is 1.